The number of hydrogen-bond acceptors (Lipinski definition) is 6. The summed E-state index contributed by atoms with van der Waals surface area (Å²) >= 11 is 0. The van der Waals surface area contributed by atoms with E-state index >= 15 is 0 Å². The fourth-order valence-electron chi connectivity index (χ4n) is 5.25. The van der Waals surface area contributed by atoms with Gasteiger partial charge in [-0.1, -0.05) is 24.3 Å². The summed E-state index contributed by atoms with van der Waals surface area (Å²) in [6.07, 6.45) is -0.625. The Morgan fingerprint density at radius 2 is 1.97 bits per heavy atom. The van der Waals surface area contributed by atoms with Crippen molar-refractivity contribution in [1.82, 2.24) is 14.7 Å². The number of benzene rings is 2. The molecule has 35 heavy (non-hydrogen) atoms. The number of amides is 1. The van der Waals surface area contributed by atoms with Gasteiger partial charge in [0, 0.05) is 45.3 Å². The Balaban J connectivity index is 1.19. The van der Waals surface area contributed by atoms with Crippen LogP contribution in [0.25, 0.3) is 0 Å². The molecular formula is C27H34FN3O4. The molecule has 3 heterocycles. The molecule has 0 aliphatic carbocycles. The molecule has 0 aromatic heterocycles. The van der Waals surface area contributed by atoms with Crippen molar-refractivity contribution in [3.05, 3.63) is 59.2 Å². The number of hydrogen-bond donors (Lipinski definition) is 1. The molecule has 2 aromatic carbocycles. The number of piperidine rings is 1. The topological polar surface area (TPSA) is 65.5 Å². The van der Waals surface area contributed by atoms with Crippen LogP contribution in [0.4, 0.5) is 4.39 Å². The summed E-state index contributed by atoms with van der Waals surface area (Å²) in [5, 5.41) is 10.8. The Hall–Kier alpha value is -2.68. The molecule has 1 saturated heterocycles. The van der Waals surface area contributed by atoms with Gasteiger partial charge >= 0.3 is 0 Å². The number of aliphatic hydroxyl groups excluding tert-OH is 1. The van der Waals surface area contributed by atoms with Crippen LogP contribution in [0.15, 0.2) is 42.5 Å². The lowest BCUT2D eigenvalue weighted by atomic mass is 10.00. The van der Waals surface area contributed by atoms with Gasteiger partial charge in [0.05, 0.1) is 18.2 Å². The van der Waals surface area contributed by atoms with E-state index in [9.17, 15) is 14.3 Å². The van der Waals surface area contributed by atoms with E-state index in [0.29, 0.717) is 49.7 Å². The van der Waals surface area contributed by atoms with Crippen LogP contribution in [-0.2, 0) is 13.0 Å². The summed E-state index contributed by atoms with van der Waals surface area (Å²) < 4.78 is 26.1. The summed E-state index contributed by atoms with van der Waals surface area (Å²) in [6, 6.07) is 13.5. The molecule has 2 unspecified atom stereocenters. The quantitative estimate of drug-likeness (QED) is 0.681. The maximum Gasteiger partial charge on any atom is 0.257 e. The first-order valence-corrected chi connectivity index (χ1v) is 12.5. The second kappa shape index (κ2) is 10.5. The van der Waals surface area contributed by atoms with E-state index in [1.165, 1.54) is 11.1 Å². The summed E-state index contributed by atoms with van der Waals surface area (Å²) in [7, 11) is 1.90. The van der Waals surface area contributed by atoms with E-state index in [4.69, 9.17) is 9.47 Å². The lowest BCUT2D eigenvalue weighted by Crippen LogP contribution is -2.45. The zero-order valence-electron chi connectivity index (χ0n) is 20.2. The molecule has 0 saturated carbocycles. The third-order valence-corrected chi connectivity index (χ3v) is 7.17. The van der Waals surface area contributed by atoms with Gasteiger partial charge in [-0.05, 0) is 43.1 Å². The summed E-state index contributed by atoms with van der Waals surface area (Å²) in [5.74, 6) is 0.780. The van der Waals surface area contributed by atoms with Gasteiger partial charge in [0.25, 0.3) is 5.91 Å². The highest BCUT2D eigenvalue weighted by atomic mass is 19.1. The molecule has 3 aliphatic heterocycles. The minimum absolute atomic E-state index is 0.172. The molecular weight excluding hydrogens is 449 g/mol. The Morgan fingerprint density at radius 1 is 1.14 bits per heavy atom. The van der Waals surface area contributed by atoms with E-state index in [2.05, 4.69) is 23.1 Å². The van der Waals surface area contributed by atoms with Crippen molar-refractivity contribution in [3.63, 3.8) is 0 Å². The minimum Gasteiger partial charge on any atom is -0.491 e. The highest BCUT2D eigenvalue weighted by Crippen LogP contribution is 2.30. The van der Waals surface area contributed by atoms with Crippen LogP contribution >= 0.6 is 0 Å². The average molecular weight is 484 g/mol. The van der Waals surface area contributed by atoms with Crippen LogP contribution in [0.2, 0.25) is 0 Å². The predicted molar refractivity (Wildman–Crippen MR) is 131 cm³/mol. The number of ether oxygens (including phenoxy) is 2. The van der Waals surface area contributed by atoms with E-state index in [0.717, 1.165) is 26.1 Å². The monoisotopic (exact) mass is 483 g/mol. The van der Waals surface area contributed by atoms with Crippen molar-refractivity contribution < 1.29 is 23.8 Å². The molecule has 3 atom stereocenters. The van der Waals surface area contributed by atoms with Crippen molar-refractivity contribution in [2.24, 2.45) is 0 Å². The number of nitrogens with zero attached hydrogens (tertiary/aromatic N) is 3. The maximum atomic E-state index is 14.4. The number of likely N-dealkylation sites (tertiary alicyclic amines) is 1. The molecule has 3 aliphatic rings. The van der Waals surface area contributed by atoms with Crippen LogP contribution in [-0.4, -0.2) is 97.0 Å². The zero-order valence-corrected chi connectivity index (χ0v) is 20.2. The highest BCUT2D eigenvalue weighted by molar-refractivity contribution is 5.97. The predicted octanol–water partition coefficient (Wildman–Crippen LogP) is 2.36. The number of aliphatic hydroxyl groups is 1. The number of halogens is 1. The largest absolute Gasteiger partial charge is 0.491 e. The molecule has 1 N–H and O–H groups in total. The fourth-order valence-corrected chi connectivity index (χ4v) is 5.25. The molecule has 2 aromatic rings. The number of β-amino-alcohol motifs (C(OH)–C–C–N with tert-alkyl or cyclic N) is 1. The SMILES string of the molecule is CN1CCC(Oc2ccc3c(c2)OCCN(C[C@H](O)CN2CCc4ccccc4C2)C3=O)C(F)C1. The maximum absolute atomic E-state index is 14.4. The molecule has 0 spiro atoms. The van der Waals surface area contributed by atoms with Gasteiger partial charge in [-0.25, -0.2) is 4.39 Å². The Kier molecular flexibility index (Phi) is 7.22. The van der Waals surface area contributed by atoms with Gasteiger partial charge in [-0.15, -0.1) is 0 Å². The number of fused-ring (bicyclic) bond motifs is 2. The molecule has 188 valence electrons. The number of carbonyl (C=O) groups is 1. The molecule has 0 radical (unpaired) electrons. The second-order valence-electron chi connectivity index (χ2n) is 9.89. The van der Waals surface area contributed by atoms with Crippen molar-refractivity contribution in [3.8, 4) is 11.5 Å². The second-order valence-corrected chi connectivity index (χ2v) is 9.89. The van der Waals surface area contributed by atoms with Crippen LogP contribution in [0.1, 0.15) is 27.9 Å². The summed E-state index contributed by atoms with van der Waals surface area (Å²) in [4.78, 5) is 19.1. The van der Waals surface area contributed by atoms with Crippen LogP contribution < -0.4 is 9.47 Å². The Labute approximate surface area is 206 Å². The molecule has 1 fully saturated rings. The number of alkyl halides is 1. The van der Waals surface area contributed by atoms with E-state index in [1.807, 2.05) is 18.0 Å². The standard InChI is InChI=1S/C27H34FN3O4/c1-29-10-9-25(24(28)18-29)35-22-6-7-23-26(14-22)34-13-12-31(27(23)33)17-21(32)16-30-11-8-19-4-2-3-5-20(19)15-30/h2-7,14,21,24-25,32H,8-13,15-18H2,1H3/t21-,24?,25?/m1/s1. The average Bonchev–Trinajstić information content (AvgIpc) is 2.99. The van der Waals surface area contributed by atoms with Gasteiger partial charge in [0.1, 0.15) is 30.4 Å². The number of rotatable bonds is 6. The first kappa shape index (κ1) is 24.0. The van der Waals surface area contributed by atoms with Crippen LogP contribution in [0, 0.1) is 0 Å². The van der Waals surface area contributed by atoms with Crippen molar-refractivity contribution >= 4 is 5.91 Å². The first-order chi connectivity index (χ1) is 17.0. The normalized spacial score (nSPS) is 24.2. The molecule has 5 rings (SSSR count). The molecule has 8 heteroatoms. The van der Waals surface area contributed by atoms with E-state index in [-0.39, 0.29) is 12.5 Å². The van der Waals surface area contributed by atoms with Gasteiger partial charge in [0.15, 0.2) is 0 Å². The van der Waals surface area contributed by atoms with Gasteiger partial charge in [-0.2, -0.15) is 0 Å². The summed E-state index contributed by atoms with van der Waals surface area (Å²) in [6.45, 7) is 4.33. The minimum atomic E-state index is -1.06. The van der Waals surface area contributed by atoms with Crippen molar-refractivity contribution in [2.75, 3.05) is 52.9 Å². The van der Waals surface area contributed by atoms with E-state index in [1.54, 1.807) is 23.1 Å². The van der Waals surface area contributed by atoms with Gasteiger partial charge in [-0.3, -0.25) is 9.69 Å². The third-order valence-electron chi connectivity index (χ3n) is 7.17. The summed E-state index contributed by atoms with van der Waals surface area (Å²) in [5.41, 5.74) is 3.11. The highest BCUT2D eigenvalue weighted by Gasteiger charge is 2.31. The van der Waals surface area contributed by atoms with E-state index < -0.39 is 18.4 Å². The lowest BCUT2D eigenvalue weighted by molar-refractivity contribution is 0.0312. The van der Waals surface area contributed by atoms with Gasteiger partial charge in [0.2, 0.25) is 0 Å². The van der Waals surface area contributed by atoms with Crippen LogP contribution in [0.3, 0.4) is 0 Å². The molecule has 1 amide bonds. The smallest absolute Gasteiger partial charge is 0.257 e. The molecule has 7 nitrogen and oxygen atoms in total. The van der Waals surface area contributed by atoms with Crippen molar-refractivity contribution in [1.29, 1.82) is 0 Å². The number of carbonyl (C=O) groups excluding carboxylic acids is 1. The lowest BCUT2D eigenvalue weighted by Gasteiger charge is -2.32. The van der Waals surface area contributed by atoms with Crippen molar-refractivity contribution in [2.45, 2.75) is 37.8 Å². The van der Waals surface area contributed by atoms with Gasteiger partial charge < -0.3 is 24.4 Å². The zero-order chi connectivity index (χ0) is 24.4. The first-order valence-electron chi connectivity index (χ1n) is 12.5. The van der Waals surface area contributed by atoms with Crippen LogP contribution in [0.5, 0.6) is 11.5 Å². The fraction of sp³-hybridized carbons (Fsp3) is 0.519. The Morgan fingerprint density at radius 3 is 2.80 bits per heavy atom. The Bertz CT molecular complexity index is 1050. The third kappa shape index (κ3) is 5.60. The molecule has 0 bridgehead atoms.